The highest BCUT2D eigenvalue weighted by molar-refractivity contribution is 9.10. The number of aliphatic carboxylic acids is 1. The Morgan fingerprint density at radius 2 is 2.12 bits per heavy atom. The first kappa shape index (κ1) is 12.7. The summed E-state index contributed by atoms with van der Waals surface area (Å²) in [6.07, 6.45) is 0.291. The number of hydrogen-bond donors (Lipinski definition) is 1. The molecule has 0 unspecified atom stereocenters. The second-order valence-corrected chi connectivity index (χ2v) is 4.10. The van der Waals surface area contributed by atoms with Crippen LogP contribution in [0.15, 0.2) is 22.7 Å². The zero-order chi connectivity index (χ0) is 12.1. The molecule has 5 heteroatoms. The Labute approximate surface area is 101 Å². The van der Waals surface area contributed by atoms with E-state index in [1.165, 1.54) is 7.11 Å². The maximum Gasteiger partial charge on any atom is 0.338 e. The summed E-state index contributed by atoms with van der Waals surface area (Å²) in [6, 6.07) is 5.07. The van der Waals surface area contributed by atoms with Crippen molar-refractivity contribution in [1.82, 2.24) is 0 Å². The Morgan fingerprint density at radius 3 is 2.69 bits per heavy atom. The molecule has 1 N–H and O–H groups in total. The van der Waals surface area contributed by atoms with Gasteiger partial charge in [-0.15, -0.1) is 0 Å². The highest BCUT2D eigenvalue weighted by atomic mass is 79.9. The van der Waals surface area contributed by atoms with Gasteiger partial charge >= 0.3 is 11.9 Å². The van der Waals surface area contributed by atoms with Crippen molar-refractivity contribution >= 4 is 27.9 Å². The van der Waals surface area contributed by atoms with E-state index in [-0.39, 0.29) is 6.42 Å². The van der Waals surface area contributed by atoms with Crippen LogP contribution < -0.4 is 0 Å². The average Bonchev–Trinajstić information content (AvgIpc) is 2.25. The van der Waals surface area contributed by atoms with E-state index in [9.17, 15) is 9.59 Å². The van der Waals surface area contributed by atoms with Crippen LogP contribution in [-0.2, 0) is 16.0 Å². The molecule has 1 aromatic carbocycles. The van der Waals surface area contributed by atoms with Gasteiger partial charge in [0.15, 0.2) is 0 Å². The maximum absolute atomic E-state index is 11.4. The lowest BCUT2D eigenvalue weighted by Gasteiger charge is -2.07. The molecule has 0 aliphatic rings. The lowest BCUT2D eigenvalue weighted by atomic mass is 10.0. The summed E-state index contributed by atoms with van der Waals surface area (Å²) in [5.74, 6) is -1.34. The molecule has 0 saturated carbocycles. The van der Waals surface area contributed by atoms with Gasteiger partial charge in [0.25, 0.3) is 0 Å². The first-order chi connectivity index (χ1) is 7.54. The molecule has 0 atom stereocenters. The predicted molar refractivity (Wildman–Crippen MR) is 61.4 cm³/mol. The molecule has 4 nitrogen and oxygen atoms in total. The van der Waals surface area contributed by atoms with Crippen LogP contribution in [0.3, 0.4) is 0 Å². The molecule has 0 aliphatic carbocycles. The summed E-state index contributed by atoms with van der Waals surface area (Å²) in [5, 5.41) is 8.60. The van der Waals surface area contributed by atoms with Crippen molar-refractivity contribution < 1.29 is 19.4 Å². The fourth-order valence-corrected chi connectivity index (χ4v) is 1.73. The Kier molecular flexibility index (Phi) is 4.49. The van der Waals surface area contributed by atoms with E-state index in [1.807, 2.05) is 0 Å². The summed E-state index contributed by atoms with van der Waals surface area (Å²) in [6.45, 7) is 0. The number of ether oxygens (including phenoxy) is 1. The van der Waals surface area contributed by atoms with E-state index in [0.717, 1.165) is 4.47 Å². The van der Waals surface area contributed by atoms with Crippen LogP contribution in [0.2, 0.25) is 0 Å². The lowest BCUT2D eigenvalue weighted by molar-refractivity contribution is -0.136. The molecule has 0 heterocycles. The summed E-state index contributed by atoms with van der Waals surface area (Å²) in [7, 11) is 1.30. The lowest BCUT2D eigenvalue weighted by Crippen LogP contribution is -2.07. The number of esters is 1. The van der Waals surface area contributed by atoms with Gasteiger partial charge in [-0.05, 0) is 30.2 Å². The van der Waals surface area contributed by atoms with Gasteiger partial charge in [0.05, 0.1) is 12.7 Å². The number of carbonyl (C=O) groups is 2. The van der Waals surface area contributed by atoms with Crippen molar-refractivity contribution in [1.29, 1.82) is 0 Å². The number of methoxy groups -OCH3 is 1. The van der Waals surface area contributed by atoms with Crippen LogP contribution in [0.4, 0.5) is 0 Å². The zero-order valence-electron chi connectivity index (χ0n) is 8.70. The molecule has 0 amide bonds. The summed E-state index contributed by atoms with van der Waals surface area (Å²) >= 11 is 3.27. The van der Waals surface area contributed by atoms with Gasteiger partial charge in [0, 0.05) is 10.9 Å². The Bertz CT molecular complexity index is 414. The SMILES string of the molecule is COC(=O)c1ccc(Br)cc1CCC(=O)O. The quantitative estimate of drug-likeness (QED) is 0.863. The number of benzene rings is 1. The third kappa shape index (κ3) is 3.34. The summed E-state index contributed by atoms with van der Waals surface area (Å²) in [4.78, 5) is 21.9. The topological polar surface area (TPSA) is 63.6 Å². The molecule has 0 spiro atoms. The molecule has 0 bridgehead atoms. The van der Waals surface area contributed by atoms with Crippen LogP contribution in [0.1, 0.15) is 22.3 Å². The van der Waals surface area contributed by atoms with E-state index in [1.54, 1.807) is 18.2 Å². The highest BCUT2D eigenvalue weighted by Crippen LogP contribution is 2.19. The molecular formula is C11H11BrO4. The number of halogens is 1. The first-order valence-corrected chi connectivity index (χ1v) is 5.42. The van der Waals surface area contributed by atoms with Crippen LogP contribution in [0.25, 0.3) is 0 Å². The molecule has 16 heavy (non-hydrogen) atoms. The number of carboxylic acid groups (broad SMARTS) is 1. The van der Waals surface area contributed by atoms with Gasteiger partial charge in [0.2, 0.25) is 0 Å². The number of carbonyl (C=O) groups excluding carboxylic acids is 1. The molecule has 0 aromatic heterocycles. The molecule has 0 saturated heterocycles. The third-order valence-electron chi connectivity index (χ3n) is 2.08. The van der Waals surface area contributed by atoms with Gasteiger partial charge in [-0.1, -0.05) is 15.9 Å². The molecule has 1 aromatic rings. The summed E-state index contributed by atoms with van der Waals surface area (Å²) < 4.78 is 5.43. The average molecular weight is 287 g/mol. The van der Waals surface area contributed by atoms with E-state index in [0.29, 0.717) is 17.5 Å². The fourth-order valence-electron chi connectivity index (χ4n) is 1.32. The van der Waals surface area contributed by atoms with Gasteiger partial charge in [-0.25, -0.2) is 4.79 Å². The molecule has 0 aliphatic heterocycles. The molecular weight excluding hydrogens is 276 g/mol. The van der Waals surface area contributed by atoms with E-state index in [2.05, 4.69) is 20.7 Å². The molecule has 0 radical (unpaired) electrons. The highest BCUT2D eigenvalue weighted by Gasteiger charge is 2.12. The minimum Gasteiger partial charge on any atom is -0.481 e. The summed E-state index contributed by atoms with van der Waals surface area (Å²) in [5.41, 5.74) is 1.08. The minimum atomic E-state index is -0.893. The van der Waals surface area contributed by atoms with E-state index >= 15 is 0 Å². The Balaban J connectivity index is 2.98. The van der Waals surface area contributed by atoms with Crippen molar-refractivity contribution in [2.75, 3.05) is 7.11 Å². The predicted octanol–water partition coefficient (Wildman–Crippen LogP) is 2.25. The van der Waals surface area contributed by atoms with Crippen LogP contribution in [0, 0.1) is 0 Å². The van der Waals surface area contributed by atoms with Crippen molar-refractivity contribution in [3.05, 3.63) is 33.8 Å². The number of rotatable bonds is 4. The van der Waals surface area contributed by atoms with Crippen LogP contribution in [0.5, 0.6) is 0 Å². The second kappa shape index (κ2) is 5.65. The van der Waals surface area contributed by atoms with Crippen LogP contribution in [-0.4, -0.2) is 24.2 Å². The van der Waals surface area contributed by atoms with Gasteiger partial charge < -0.3 is 9.84 Å². The van der Waals surface area contributed by atoms with Gasteiger partial charge in [-0.2, -0.15) is 0 Å². The molecule has 1 rings (SSSR count). The standard InChI is InChI=1S/C11H11BrO4/c1-16-11(15)9-4-3-8(12)6-7(9)2-5-10(13)14/h3-4,6H,2,5H2,1H3,(H,13,14). The van der Waals surface area contributed by atoms with Crippen molar-refractivity contribution in [2.24, 2.45) is 0 Å². The van der Waals surface area contributed by atoms with E-state index < -0.39 is 11.9 Å². The van der Waals surface area contributed by atoms with Crippen molar-refractivity contribution in [3.8, 4) is 0 Å². The normalized spacial score (nSPS) is 9.88. The molecule has 0 fully saturated rings. The number of carboxylic acids is 1. The monoisotopic (exact) mass is 286 g/mol. The van der Waals surface area contributed by atoms with Crippen LogP contribution >= 0.6 is 15.9 Å². The Morgan fingerprint density at radius 1 is 1.44 bits per heavy atom. The number of hydrogen-bond acceptors (Lipinski definition) is 3. The second-order valence-electron chi connectivity index (χ2n) is 3.19. The number of aryl methyl sites for hydroxylation is 1. The zero-order valence-corrected chi connectivity index (χ0v) is 10.3. The smallest absolute Gasteiger partial charge is 0.338 e. The third-order valence-corrected chi connectivity index (χ3v) is 2.57. The van der Waals surface area contributed by atoms with Crippen molar-refractivity contribution in [2.45, 2.75) is 12.8 Å². The largest absolute Gasteiger partial charge is 0.481 e. The first-order valence-electron chi connectivity index (χ1n) is 4.63. The maximum atomic E-state index is 11.4. The molecule has 86 valence electrons. The van der Waals surface area contributed by atoms with Crippen molar-refractivity contribution in [3.63, 3.8) is 0 Å². The van der Waals surface area contributed by atoms with E-state index in [4.69, 9.17) is 5.11 Å². The van der Waals surface area contributed by atoms with Gasteiger partial charge in [-0.3, -0.25) is 4.79 Å². The fraction of sp³-hybridized carbons (Fsp3) is 0.273. The minimum absolute atomic E-state index is 0.0134. The van der Waals surface area contributed by atoms with Gasteiger partial charge in [0.1, 0.15) is 0 Å². The Hall–Kier alpha value is -1.36.